The molecule has 3 nitrogen and oxygen atoms in total. The third kappa shape index (κ3) is 5.39. The highest BCUT2D eigenvalue weighted by atomic mass is 79.9. The highest BCUT2D eigenvalue weighted by Gasteiger charge is 2.15. The lowest BCUT2D eigenvalue weighted by Gasteiger charge is -2.03. The molecule has 1 aromatic heterocycles. The van der Waals surface area contributed by atoms with Crippen LogP contribution in [-0.4, -0.2) is 15.6 Å². The van der Waals surface area contributed by atoms with Crippen LogP contribution in [0.2, 0.25) is 0 Å². The summed E-state index contributed by atoms with van der Waals surface area (Å²) in [6, 6.07) is 0. The number of aryl methyl sites for hydroxylation is 2. The van der Waals surface area contributed by atoms with Crippen molar-refractivity contribution in [3.63, 3.8) is 0 Å². The number of carbonyl (C=O) groups is 1. The third-order valence-electron chi connectivity index (χ3n) is 3.68. The molecule has 1 aromatic rings. The SMILES string of the molecule is CCCCCCCCC(=O)Cc1c(Br)c(CC)nn1C. The molecule has 0 radical (unpaired) electrons. The Bertz CT molecular complexity index is 426. The molecule has 114 valence electrons. The van der Waals surface area contributed by atoms with Gasteiger partial charge >= 0.3 is 0 Å². The van der Waals surface area contributed by atoms with Crippen molar-refractivity contribution in [2.45, 2.75) is 71.6 Å². The second-order valence-corrected chi connectivity index (χ2v) is 6.21. The van der Waals surface area contributed by atoms with Crippen molar-refractivity contribution in [3.8, 4) is 0 Å². The molecule has 0 N–H and O–H groups in total. The number of unbranched alkanes of at least 4 members (excludes halogenated alkanes) is 5. The van der Waals surface area contributed by atoms with E-state index < -0.39 is 0 Å². The second-order valence-electron chi connectivity index (χ2n) is 5.42. The first-order chi connectivity index (χ1) is 9.60. The molecule has 4 heteroatoms. The minimum absolute atomic E-state index is 0.326. The maximum atomic E-state index is 12.0. The molecule has 0 aliphatic rings. The number of ketones is 1. The quantitative estimate of drug-likeness (QED) is 0.582. The summed E-state index contributed by atoms with van der Waals surface area (Å²) >= 11 is 3.57. The van der Waals surface area contributed by atoms with Crippen LogP contribution in [0.1, 0.15) is 70.2 Å². The van der Waals surface area contributed by atoms with Crippen LogP contribution < -0.4 is 0 Å². The molecule has 0 bridgehead atoms. The number of Topliss-reactive ketones (excluding diaryl/α,β-unsaturated/α-hetero) is 1. The Morgan fingerprint density at radius 2 is 1.80 bits per heavy atom. The van der Waals surface area contributed by atoms with Crippen molar-refractivity contribution < 1.29 is 4.79 Å². The van der Waals surface area contributed by atoms with Gasteiger partial charge in [-0.05, 0) is 28.8 Å². The van der Waals surface area contributed by atoms with Gasteiger partial charge in [-0.25, -0.2) is 0 Å². The molecule has 0 spiro atoms. The van der Waals surface area contributed by atoms with E-state index in [0.717, 1.165) is 28.7 Å². The second kappa shape index (κ2) is 9.32. The first kappa shape index (κ1) is 17.4. The molecule has 0 saturated carbocycles. The largest absolute Gasteiger partial charge is 0.299 e. The minimum atomic E-state index is 0.326. The molecule has 0 atom stereocenters. The summed E-state index contributed by atoms with van der Waals surface area (Å²) in [5.41, 5.74) is 2.05. The Labute approximate surface area is 131 Å². The van der Waals surface area contributed by atoms with E-state index in [1.165, 1.54) is 32.1 Å². The molecule has 0 aliphatic carbocycles. The lowest BCUT2D eigenvalue weighted by Crippen LogP contribution is -2.07. The number of hydrogen-bond donors (Lipinski definition) is 0. The highest BCUT2D eigenvalue weighted by Crippen LogP contribution is 2.22. The molecule has 0 amide bonds. The van der Waals surface area contributed by atoms with E-state index in [-0.39, 0.29) is 0 Å². The summed E-state index contributed by atoms with van der Waals surface area (Å²) in [4.78, 5) is 12.0. The Kier molecular flexibility index (Phi) is 8.12. The predicted octanol–water partition coefficient (Wildman–Crippen LogP) is 4.61. The number of aromatic nitrogens is 2. The van der Waals surface area contributed by atoms with E-state index in [4.69, 9.17) is 0 Å². The summed E-state index contributed by atoms with van der Waals surface area (Å²) in [5.74, 6) is 0.326. The monoisotopic (exact) mass is 342 g/mol. The van der Waals surface area contributed by atoms with Crippen molar-refractivity contribution in [1.29, 1.82) is 0 Å². The Hall–Kier alpha value is -0.640. The van der Waals surface area contributed by atoms with E-state index in [0.29, 0.717) is 18.6 Å². The molecular formula is C16H27BrN2O. The van der Waals surface area contributed by atoms with Gasteiger partial charge in [-0.1, -0.05) is 46.0 Å². The van der Waals surface area contributed by atoms with E-state index in [9.17, 15) is 4.79 Å². The van der Waals surface area contributed by atoms with E-state index in [1.807, 2.05) is 11.7 Å². The Balaban J connectivity index is 2.34. The Morgan fingerprint density at radius 1 is 1.15 bits per heavy atom. The van der Waals surface area contributed by atoms with Crippen molar-refractivity contribution in [2.75, 3.05) is 0 Å². The van der Waals surface area contributed by atoms with Crippen LogP contribution in [0, 0.1) is 0 Å². The van der Waals surface area contributed by atoms with Gasteiger partial charge in [0, 0.05) is 19.9 Å². The smallest absolute Gasteiger partial charge is 0.138 e. The van der Waals surface area contributed by atoms with Gasteiger partial charge in [-0.3, -0.25) is 9.48 Å². The average Bonchev–Trinajstić information content (AvgIpc) is 2.70. The van der Waals surface area contributed by atoms with Gasteiger partial charge < -0.3 is 0 Å². The summed E-state index contributed by atoms with van der Waals surface area (Å²) in [5, 5.41) is 4.43. The van der Waals surface area contributed by atoms with Crippen molar-refractivity contribution in [3.05, 3.63) is 15.9 Å². The molecule has 1 heterocycles. The van der Waals surface area contributed by atoms with Gasteiger partial charge in [0.25, 0.3) is 0 Å². The summed E-state index contributed by atoms with van der Waals surface area (Å²) in [6.07, 6.45) is 9.44. The van der Waals surface area contributed by atoms with Crippen LogP contribution in [0.3, 0.4) is 0 Å². The minimum Gasteiger partial charge on any atom is -0.299 e. The number of carbonyl (C=O) groups excluding carboxylic acids is 1. The number of hydrogen-bond acceptors (Lipinski definition) is 2. The van der Waals surface area contributed by atoms with Gasteiger partial charge in [0.1, 0.15) is 5.78 Å². The maximum absolute atomic E-state index is 12.0. The van der Waals surface area contributed by atoms with E-state index >= 15 is 0 Å². The molecule has 0 fully saturated rings. The first-order valence-corrected chi connectivity index (χ1v) is 8.61. The summed E-state index contributed by atoms with van der Waals surface area (Å²) < 4.78 is 2.85. The fourth-order valence-electron chi connectivity index (χ4n) is 2.39. The zero-order valence-corrected chi connectivity index (χ0v) is 14.6. The van der Waals surface area contributed by atoms with Crippen LogP contribution in [0.5, 0.6) is 0 Å². The molecule has 0 unspecified atom stereocenters. The molecule has 20 heavy (non-hydrogen) atoms. The van der Waals surface area contributed by atoms with Crippen molar-refractivity contribution in [1.82, 2.24) is 9.78 Å². The molecule has 0 aromatic carbocycles. The summed E-state index contributed by atoms with van der Waals surface area (Å²) in [7, 11) is 1.91. The van der Waals surface area contributed by atoms with Crippen LogP contribution in [0.4, 0.5) is 0 Å². The van der Waals surface area contributed by atoms with Gasteiger partial charge in [-0.15, -0.1) is 0 Å². The fraction of sp³-hybridized carbons (Fsp3) is 0.750. The van der Waals surface area contributed by atoms with E-state index in [1.54, 1.807) is 0 Å². The van der Waals surface area contributed by atoms with Crippen LogP contribution in [0.25, 0.3) is 0 Å². The topological polar surface area (TPSA) is 34.9 Å². The number of halogens is 1. The van der Waals surface area contributed by atoms with Crippen molar-refractivity contribution in [2.24, 2.45) is 7.05 Å². The standard InChI is InChI=1S/C16H27BrN2O/c1-4-6-7-8-9-10-11-13(20)12-15-16(17)14(5-2)18-19(15)3/h4-12H2,1-3H3. The molecular weight excluding hydrogens is 316 g/mol. The molecule has 0 saturated heterocycles. The highest BCUT2D eigenvalue weighted by molar-refractivity contribution is 9.10. The normalized spacial score (nSPS) is 11.0. The van der Waals surface area contributed by atoms with Gasteiger partial charge in [0.2, 0.25) is 0 Å². The fourth-order valence-corrected chi connectivity index (χ4v) is 3.15. The lowest BCUT2D eigenvalue weighted by atomic mass is 10.1. The van der Waals surface area contributed by atoms with Crippen LogP contribution in [0.15, 0.2) is 4.47 Å². The lowest BCUT2D eigenvalue weighted by molar-refractivity contribution is -0.118. The van der Waals surface area contributed by atoms with E-state index in [2.05, 4.69) is 34.9 Å². The van der Waals surface area contributed by atoms with Gasteiger partial charge in [0.05, 0.1) is 15.9 Å². The number of nitrogens with zero attached hydrogens (tertiary/aromatic N) is 2. The summed E-state index contributed by atoms with van der Waals surface area (Å²) in [6.45, 7) is 4.30. The molecule has 0 aliphatic heterocycles. The van der Waals surface area contributed by atoms with Crippen LogP contribution >= 0.6 is 15.9 Å². The maximum Gasteiger partial charge on any atom is 0.138 e. The zero-order chi connectivity index (χ0) is 15.0. The van der Waals surface area contributed by atoms with Crippen molar-refractivity contribution >= 4 is 21.7 Å². The van der Waals surface area contributed by atoms with Gasteiger partial charge in [0.15, 0.2) is 0 Å². The Morgan fingerprint density at radius 3 is 2.40 bits per heavy atom. The zero-order valence-electron chi connectivity index (χ0n) is 13.0. The average molecular weight is 343 g/mol. The third-order valence-corrected chi connectivity index (χ3v) is 4.59. The van der Waals surface area contributed by atoms with Crippen LogP contribution in [-0.2, 0) is 24.7 Å². The number of rotatable bonds is 10. The van der Waals surface area contributed by atoms with Gasteiger partial charge in [-0.2, -0.15) is 5.10 Å². The predicted molar refractivity (Wildman–Crippen MR) is 87.0 cm³/mol. The molecule has 1 rings (SSSR count). The first-order valence-electron chi connectivity index (χ1n) is 7.82.